The summed E-state index contributed by atoms with van der Waals surface area (Å²) in [4.78, 5) is 45.8. The van der Waals surface area contributed by atoms with Crippen molar-refractivity contribution in [2.24, 2.45) is 0 Å². The van der Waals surface area contributed by atoms with Gasteiger partial charge in [0.1, 0.15) is 11.4 Å². The first-order valence-corrected chi connectivity index (χ1v) is 9.82. The van der Waals surface area contributed by atoms with Crippen molar-refractivity contribution in [3.8, 4) is 5.75 Å². The number of nitrogens with zero attached hydrogens (tertiary/aromatic N) is 1. The van der Waals surface area contributed by atoms with Crippen molar-refractivity contribution < 1.29 is 28.8 Å². The first-order chi connectivity index (χ1) is 15.0. The van der Waals surface area contributed by atoms with Gasteiger partial charge < -0.3 is 20.1 Å². The molecule has 0 bridgehead atoms. The zero-order chi connectivity index (χ0) is 23.7. The van der Waals surface area contributed by atoms with Gasteiger partial charge in [0.05, 0.1) is 16.9 Å². The Morgan fingerprint density at radius 3 is 2.09 bits per heavy atom. The number of benzene rings is 2. The lowest BCUT2D eigenvalue weighted by molar-refractivity contribution is -0.384. The van der Waals surface area contributed by atoms with Gasteiger partial charge in [-0.25, -0.2) is 9.59 Å². The molecule has 2 rings (SSSR count). The van der Waals surface area contributed by atoms with Crippen molar-refractivity contribution >= 4 is 23.7 Å². The second kappa shape index (κ2) is 10.9. The van der Waals surface area contributed by atoms with E-state index in [1.165, 1.54) is 24.3 Å². The fraction of sp³-hybridized carbons (Fsp3) is 0.318. The van der Waals surface area contributed by atoms with Gasteiger partial charge in [-0.05, 0) is 50.6 Å². The minimum absolute atomic E-state index is 0.114. The van der Waals surface area contributed by atoms with E-state index in [0.29, 0.717) is 5.56 Å². The van der Waals surface area contributed by atoms with Crippen LogP contribution < -0.4 is 15.4 Å². The molecular formula is C22H25N3O7. The molecule has 0 spiro atoms. The number of rotatable bonds is 8. The summed E-state index contributed by atoms with van der Waals surface area (Å²) in [5.74, 6) is -0.603. The minimum atomic E-state index is -0.650. The summed E-state index contributed by atoms with van der Waals surface area (Å²) in [6, 6.07) is 11.5. The molecule has 0 unspecified atom stereocenters. The highest BCUT2D eigenvalue weighted by atomic mass is 16.6. The standard InChI is InChI=1S/C22H25N3O7/c1-22(2,3)32-21(28)24-13-12-23-19(26)14-15-4-10-18(11-5-15)31-20(27)16-6-8-17(9-7-16)25(29)30/h4-11H,12-14H2,1-3H3,(H,23,26)(H,24,28). The van der Waals surface area contributed by atoms with Crippen LogP contribution in [0, 0.1) is 10.1 Å². The van der Waals surface area contributed by atoms with E-state index in [0.717, 1.165) is 0 Å². The molecule has 0 heterocycles. The number of non-ortho nitro benzene ring substituents is 1. The third-order valence-corrected chi connectivity index (χ3v) is 3.93. The fourth-order valence-electron chi connectivity index (χ4n) is 2.49. The second-order valence-corrected chi connectivity index (χ2v) is 7.79. The fourth-order valence-corrected chi connectivity index (χ4v) is 2.49. The summed E-state index contributed by atoms with van der Waals surface area (Å²) in [5.41, 5.74) is 0.178. The Balaban J connectivity index is 1.76. The topological polar surface area (TPSA) is 137 Å². The van der Waals surface area contributed by atoms with Crippen LogP contribution in [-0.4, -0.2) is 41.6 Å². The summed E-state index contributed by atoms with van der Waals surface area (Å²) < 4.78 is 10.3. The van der Waals surface area contributed by atoms with Crippen molar-refractivity contribution in [2.75, 3.05) is 13.1 Å². The maximum absolute atomic E-state index is 12.1. The number of alkyl carbamates (subject to hydrolysis) is 1. The Hall–Kier alpha value is -3.95. The van der Waals surface area contributed by atoms with E-state index in [4.69, 9.17) is 9.47 Å². The molecule has 0 aliphatic heterocycles. The van der Waals surface area contributed by atoms with Crippen molar-refractivity contribution in [3.05, 3.63) is 69.8 Å². The van der Waals surface area contributed by atoms with Crippen LogP contribution >= 0.6 is 0 Å². The Morgan fingerprint density at radius 1 is 0.938 bits per heavy atom. The molecule has 0 aliphatic rings. The lowest BCUT2D eigenvalue weighted by atomic mass is 10.1. The largest absolute Gasteiger partial charge is 0.444 e. The van der Waals surface area contributed by atoms with Crippen LogP contribution in [0.2, 0.25) is 0 Å². The highest BCUT2D eigenvalue weighted by molar-refractivity contribution is 5.91. The molecular weight excluding hydrogens is 418 g/mol. The van der Waals surface area contributed by atoms with Crippen molar-refractivity contribution in [3.63, 3.8) is 0 Å². The number of nitrogens with one attached hydrogen (secondary N) is 2. The van der Waals surface area contributed by atoms with Gasteiger partial charge in [-0.2, -0.15) is 0 Å². The molecule has 0 aromatic heterocycles. The third-order valence-electron chi connectivity index (χ3n) is 3.93. The molecule has 2 aromatic carbocycles. The molecule has 2 amide bonds. The van der Waals surface area contributed by atoms with Gasteiger partial charge >= 0.3 is 12.1 Å². The zero-order valence-electron chi connectivity index (χ0n) is 18.0. The first kappa shape index (κ1) is 24.3. The molecule has 10 nitrogen and oxygen atoms in total. The molecule has 2 N–H and O–H groups in total. The number of hydrogen-bond acceptors (Lipinski definition) is 7. The smallest absolute Gasteiger partial charge is 0.407 e. The molecule has 0 radical (unpaired) electrons. The number of hydrogen-bond donors (Lipinski definition) is 2. The third kappa shape index (κ3) is 8.42. The Labute approximate surface area is 185 Å². The van der Waals surface area contributed by atoms with E-state index in [-0.39, 0.29) is 42.4 Å². The number of nitro benzene ring substituents is 1. The number of amides is 2. The van der Waals surface area contributed by atoms with Gasteiger partial charge in [0, 0.05) is 25.2 Å². The van der Waals surface area contributed by atoms with E-state index in [2.05, 4.69) is 10.6 Å². The normalized spacial score (nSPS) is 10.7. The summed E-state index contributed by atoms with van der Waals surface area (Å²) in [6.07, 6.45) is -0.436. The SMILES string of the molecule is CC(C)(C)OC(=O)NCCNC(=O)Cc1ccc(OC(=O)c2ccc([N+](=O)[O-])cc2)cc1. The number of nitro groups is 1. The predicted molar refractivity (Wildman–Crippen MR) is 115 cm³/mol. The van der Waals surface area contributed by atoms with Crippen LogP contribution in [0.15, 0.2) is 48.5 Å². The average molecular weight is 443 g/mol. The van der Waals surface area contributed by atoms with Gasteiger partial charge in [0.2, 0.25) is 5.91 Å². The molecule has 0 saturated carbocycles. The second-order valence-electron chi connectivity index (χ2n) is 7.79. The maximum Gasteiger partial charge on any atom is 0.407 e. The van der Waals surface area contributed by atoms with Crippen LogP contribution in [-0.2, 0) is 16.0 Å². The Kier molecular flexibility index (Phi) is 8.28. The number of ether oxygens (including phenoxy) is 2. The summed E-state index contributed by atoms with van der Waals surface area (Å²) in [6.45, 7) is 5.77. The van der Waals surface area contributed by atoms with E-state index in [1.54, 1.807) is 45.0 Å². The highest BCUT2D eigenvalue weighted by Gasteiger charge is 2.15. The van der Waals surface area contributed by atoms with Gasteiger partial charge in [-0.1, -0.05) is 12.1 Å². The molecule has 32 heavy (non-hydrogen) atoms. The monoisotopic (exact) mass is 443 g/mol. The van der Waals surface area contributed by atoms with Crippen molar-refractivity contribution in [2.45, 2.75) is 32.8 Å². The molecule has 170 valence electrons. The quantitative estimate of drug-likeness (QED) is 0.210. The van der Waals surface area contributed by atoms with Crippen LogP contribution in [0.5, 0.6) is 5.75 Å². The predicted octanol–water partition coefficient (Wildman–Crippen LogP) is 3.00. The number of esters is 1. The average Bonchev–Trinajstić information content (AvgIpc) is 2.71. The van der Waals surface area contributed by atoms with E-state index < -0.39 is 22.6 Å². The zero-order valence-corrected chi connectivity index (χ0v) is 18.0. The van der Waals surface area contributed by atoms with Crippen LogP contribution in [0.25, 0.3) is 0 Å². The summed E-state index contributed by atoms with van der Waals surface area (Å²) in [7, 11) is 0. The van der Waals surface area contributed by atoms with E-state index in [1.807, 2.05) is 0 Å². The molecule has 0 fully saturated rings. The van der Waals surface area contributed by atoms with E-state index >= 15 is 0 Å². The van der Waals surface area contributed by atoms with Gasteiger partial charge in [-0.15, -0.1) is 0 Å². The van der Waals surface area contributed by atoms with Crippen LogP contribution in [0.4, 0.5) is 10.5 Å². The van der Waals surface area contributed by atoms with Crippen molar-refractivity contribution in [1.29, 1.82) is 0 Å². The lowest BCUT2D eigenvalue weighted by Crippen LogP contribution is -2.38. The number of carbonyl (C=O) groups is 3. The summed E-state index contributed by atoms with van der Waals surface area (Å²) in [5, 5.41) is 15.9. The Morgan fingerprint density at radius 2 is 1.53 bits per heavy atom. The first-order valence-electron chi connectivity index (χ1n) is 9.82. The van der Waals surface area contributed by atoms with Crippen LogP contribution in [0.3, 0.4) is 0 Å². The van der Waals surface area contributed by atoms with E-state index in [9.17, 15) is 24.5 Å². The summed E-state index contributed by atoms with van der Waals surface area (Å²) >= 11 is 0. The highest BCUT2D eigenvalue weighted by Crippen LogP contribution is 2.17. The van der Waals surface area contributed by atoms with Gasteiger partial charge in [0.25, 0.3) is 5.69 Å². The molecule has 0 saturated heterocycles. The molecule has 2 aromatic rings. The van der Waals surface area contributed by atoms with Gasteiger partial charge in [0.15, 0.2) is 0 Å². The molecule has 10 heteroatoms. The maximum atomic E-state index is 12.1. The number of carbonyl (C=O) groups excluding carboxylic acids is 3. The van der Waals surface area contributed by atoms with Crippen LogP contribution in [0.1, 0.15) is 36.7 Å². The molecule has 0 atom stereocenters. The lowest BCUT2D eigenvalue weighted by Gasteiger charge is -2.19. The Bertz CT molecular complexity index is 965. The minimum Gasteiger partial charge on any atom is -0.444 e. The molecule has 0 aliphatic carbocycles. The van der Waals surface area contributed by atoms with Gasteiger partial charge in [-0.3, -0.25) is 14.9 Å². The van der Waals surface area contributed by atoms with Crippen molar-refractivity contribution in [1.82, 2.24) is 10.6 Å².